The number of aryl methyl sites for hydroxylation is 1. The van der Waals surface area contributed by atoms with Crippen molar-refractivity contribution in [3.05, 3.63) is 23.8 Å². The number of hydrogen-bond donors (Lipinski definition) is 1. The maximum Gasteiger partial charge on any atom is 0.245 e. The van der Waals surface area contributed by atoms with E-state index in [1.165, 1.54) is 4.31 Å². The van der Waals surface area contributed by atoms with Gasteiger partial charge in [0.15, 0.2) is 0 Å². The van der Waals surface area contributed by atoms with Crippen molar-refractivity contribution < 1.29 is 13.2 Å². The van der Waals surface area contributed by atoms with Crippen LogP contribution in [0.4, 0.5) is 5.69 Å². The van der Waals surface area contributed by atoms with Crippen molar-refractivity contribution in [1.82, 2.24) is 4.31 Å². The first-order chi connectivity index (χ1) is 8.84. The van der Waals surface area contributed by atoms with E-state index in [1.54, 1.807) is 25.1 Å². The molecule has 19 heavy (non-hydrogen) atoms. The molecular weight excluding hydrogens is 264 g/mol. The largest absolute Gasteiger partial charge is 0.398 e. The van der Waals surface area contributed by atoms with Gasteiger partial charge in [-0.3, -0.25) is 0 Å². The van der Waals surface area contributed by atoms with Crippen LogP contribution in [-0.2, 0) is 14.8 Å². The predicted octanol–water partition coefficient (Wildman–Crippen LogP) is 1.38. The van der Waals surface area contributed by atoms with Gasteiger partial charge in [0.25, 0.3) is 0 Å². The average molecular weight is 284 g/mol. The summed E-state index contributed by atoms with van der Waals surface area (Å²) in [6.07, 6.45) is -0.101. The van der Waals surface area contributed by atoms with Crippen LogP contribution in [0.25, 0.3) is 0 Å². The fourth-order valence-electron chi connectivity index (χ4n) is 2.35. The minimum Gasteiger partial charge on any atom is -0.398 e. The van der Waals surface area contributed by atoms with E-state index in [1.807, 2.05) is 13.8 Å². The molecule has 0 aliphatic carbocycles. The molecule has 106 valence electrons. The van der Waals surface area contributed by atoms with E-state index in [0.717, 1.165) is 0 Å². The smallest absolute Gasteiger partial charge is 0.245 e. The summed E-state index contributed by atoms with van der Waals surface area (Å²) in [7, 11) is -3.58. The van der Waals surface area contributed by atoms with Gasteiger partial charge >= 0.3 is 0 Å². The lowest BCUT2D eigenvalue weighted by atomic mass is 10.2. The van der Waals surface area contributed by atoms with Crippen LogP contribution in [0.2, 0.25) is 0 Å². The first kappa shape index (κ1) is 14.3. The van der Waals surface area contributed by atoms with Gasteiger partial charge in [0, 0.05) is 12.6 Å². The third-order valence-corrected chi connectivity index (χ3v) is 5.56. The molecule has 1 aromatic rings. The molecule has 6 heteroatoms. The van der Waals surface area contributed by atoms with E-state index in [4.69, 9.17) is 10.5 Å². The molecule has 0 radical (unpaired) electrons. The number of nitrogens with zero attached hydrogens (tertiary/aromatic N) is 1. The molecule has 1 aromatic carbocycles. The Morgan fingerprint density at radius 1 is 1.37 bits per heavy atom. The number of nitrogen functional groups attached to an aromatic ring is 1. The molecule has 1 aliphatic heterocycles. The number of rotatable bonds is 2. The van der Waals surface area contributed by atoms with Crippen molar-refractivity contribution in [2.24, 2.45) is 0 Å². The molecule has 2 unspecified atom stereocenters. The number of morpholine rings is 1. The Kier molecular flexibility index (Phi) is 3.85. The van der Waals surface area contributed by atoms with Crippen molar-refractivity contribution in [3.63, 3.8) is 0 Å². The van der Waals surface area contributed by atoms with Crippen molar-refractivity contribution in [3.8, 4) is 0 Å². The van der Waals surface area contributed by atoms with Gasteiger partial charge in [0.1, 0.15) is 4.90 Å². The number of anilines is 1. The van der Waals surface area contributed by atoms with Crippen LogP contribution in [0.15, 0.2) is 23.1 Å². The van der Waals surface area contributed by atoms with Crippen LogP contribution in [0, 0.1) is 6.92 Å². The summed E-state index contributed by atoms with van der Waals surface area (Å²) < 4.78 is 32.5. The molecule has 2 N–H and O–H groups in total. The van der Waals surface area contributed by atoms with Crippen LogP contribution in [-0.4, -0.2) is 38.0 Å². The molecule has 1 fully saturated rings. The van der Waals surface area contributed by atoms with E-state index >= 15 is 0 Å². The average Bonchev–Trinajstić information content (AvgIpc) is 2.31. The topological polar surface area (TPSA) is 72.6 Å². The summed E-state index contributed by atoms with van der Waals surface area (Å²) in [5.41, 5.74) is 6.83. The number of hydrogen-bond acceptors (Lipinski definition) is 4. The van der Waals surface area contributed by atoms with E-state index in [2.05, 4.69) is 0 Å². The quantitative estimate of drug-likeness (QED) is 0.833. The Labute approximate surface area is 114 Å². The van der Waals surface area contributed by atoms with E-state index in [-0.39, 0.29) is 17.0 Å². The van der Waals surface area contributed by atoms with Crippen molar-refractivity contribution in [1.29, 1.82) is 0 Å². The highest BCUT2D eigenvalue weighted by molar-refractivity contribution is 7.89. The maximum atomic E-state index is 12.8. The second kappa shape index (κ2) is 5.11. The van der Waals surface area contributed by atoms with Crippen molar-refractivity contribution >= 4 is 15.7 Å². The monoisotopic (exact) mass is 284 g/mol. The molecule has 0 spiro atoms. The molecule has 5 nitrogen and oxygen atoms in total. The summed E-state index contributed by atoms with van der Waals surface area (Å²) in [6, 6.07) is 4.96. The number of benzene rings is 1. The number of ether oxygens (including phenoxy) is 1. The lowest BCUT2D eigenvalue weighted by Crippen LogP contribution is -2.50. The van der Waals surface area contributed by atoms with Crippen LogP contribution in [0.3, 0.4) is 0 Å². The summed E-state index contributed by atoms with van der Waals surface area (Å²) in [5, 5.41) is 0. The maximum absolute atomic E-state index is 12.8. The second-order valence-electron chi connectivity index (χ2n) is 5.06. The Morgan fingerprint density at radius 2 is 2.05 bits per heavy atom. The first-order valence-corrected chi connectivity index (χ1v) is 7.76. The third kappa shape index (κ3) is 2.61. The number of nitrogens with two attached hydrogens (primary N) is 1. The summed E-state index contributed by atoms with van der Waals surface area (Å²) in [4.78, 5) is 0.218. The predicted molar refractivity (Wildman–Crippen MR) is 74.4 cm³/mol. The Bertz CT molecular complexity index is 551. The molecule has 2 atom stereocenters. The summed E-state index contributed by atoms with van der Waals surface area (Å²) in [5.74, 6) is 0. The Hall–Kier alpha value is -1.11. The Morgan fingerprint density at radius 3 is 2.68 bits per heavy atom. The van der Waals surface area contributed by atoms with Crippen LogP contribution >= 0.6 is 0 Å². The molecular formula is C13H20N2O3S. The highest BCUT2D eigenvalue weighted by Gasteiger charge is 2.35. The van der Waals surface area contributed by atoms with E-state index in [9.17, 15) is 8.42 Å². The van der Waals surface area contributed by atoms with Crippen LogP contribution < -0.4 is 5.73 Å². The SMILES string of the molecule is Cc1cccc(N)c1S(=O)(=O)N1CC(C)OCC1C. The van der Waals surface area contributed by atoms with Gasteiger partial charge in [-0.25, -0.2) is 8.42 Å². The van der Waals surface area contributed by atoms with Gasteiger partial charge in [-0.2, -0.15) is 4.31 Å². The number of sulfonamides is 1. The van der Waals surface area contributed by atoms with Crippen LogP contribution in [0.1, 0.15) is 19.4 Å². The molecule has 0 saturated carbocycles. The molecule has 2 rings (SSSR count). The minimum absolute atomic E-state index is 0.101. The molecule has 0 bridgehead atoms. The molecule has 1 heterocycles. The lowest BCUT2D eigenvalue weighted by molar-refractivity contribution is -0.0170. The zero-order chi connectivity index (χ0) is 14.2. The molecule has 0 aromatic heterocycles. The standard InChI is InChI=1S/C13H20N2O3S/c1-9-5-4-6-12(14)13(9)19(16,17)15-7-11(3)18-8-10(15)2/h4-6,10-11H,7-8,14H2,1-3H3. The highest BCUT2D eigenvalue weighted by Crippen LogP contribution is 2.28. The normalized spacial score (nSPS) is 25.4. The molecule has 0 amide bonds. The van der Waals surface area contributed by atoms with Crippen molar-refractivity contribution in [2.45, 2.75) is 37.8 Å². The summed E-state index contributed by atoms with van der Waals surface area (Å²) >= 11 is 0. The van der Waals surface area contributed by atoms with Gasteiger partial charge < -0.3 is 10.5 Å². The minimum atomic E-state index is -3.58. The first-order valence-electron chi connectivity index (χ1n) is 6.32. The van der Waals surface area contributed by atoms with Gasteiger partial charge in [-0.15, -0.1) is 0 Å². The second-order valence-corrected chi connectivity index (χ2v) is 6.89. The zero-order valence-electron chi connectivity index (χ0n) is 11.5. The van der Waals surface area contributed by atoms with Gasteiger partial charge in [0.2, 0.25) is 10.0 Å². The van der Waals surface area contributed by atoms with Crippen molar-refractivity contribution in [2.75, 3.05) is 18.9 Å². The van der Waals surface area contributed by atoms with Gasteiger partial charge in [0.05, 0.1) is 18.4 Å². The van der Waals surface area contributed by atoms with Crippen LogP contribution in [0.5, 0.6) is 0 Å². The van der Waals surface area contributed by atoms with E-state index < -0.39 is 10.0 Å². The third-order valence-electron chi connectivity index (χ3n) is 3.36. The van der Waals surface area contributed by atoms with Gasteiger partial charge in [-0.1, -0.05) is 12.1 Å². The summed E-state index contributed by atoms with van der Waals surface area (Å²) in [6.45, 7) is 6.24. The molecule has 1 saturated heterocycles. The van der Waals surface area contributed by atoms with E-state index in [0.29, 0.717) is 24.4 Å². The lowest BCUT2D eigenvalue weighted by Gasteiger charge is -2.36. The highest BCUT2D eigenvalue weighted by atomic mass is 32.2. The fourth-order valence-corrected chi connectivity index (χ4v) is 4.37. The van der Waals surface area contributed by atoms with Gasteiger partial charge in [-0.05, 0) is 32.4 Å². The fraction of sp³-hybridized carbons (Fsp3) is 0.538. The zero-order valence-corrected chi connectivity index (χ0v) is 12.3. The molecule has 1 aliphatic rings. The Balaban J connectivity index is 2.47.